The van der Waals surface area contributed by atoms with Gasteiger partial charge in [-0.3, -0.25) is 0 Å². The molecule has 0 rings (SSSR count). The highest BCUT2D eigenvalue weighted by molar-refractivity contribution is 4.52. The van der Waals surface area contributed by atoms with Crippen molar-refractivity contribution in [1.82, 2.24) is 0 Å². The molecule has 0 fully saturated rings. The lowest BCUT2D eigenvalue weighted by molar-refractivity contribution is -0.894. The highest BCUT2D eigenvalue weighted by atomic mass is 127. The molecule has 0 aliphatic carbocycles. The van der Waals surface area contributed by atoms with Crippen LogP contribution in [0.15, 0.2) is 0 Å². The van der Waals surface area contributed by atoms with E-state index >= 15 is 0 Å². The van der Waals surface area contributed by atoms with Gasteiger partial charge in [-0.2, -0.15) is 0 Å². The van der Waals surface area contributed by atoms with Crippen LogP contribution in [0.25, 0.3) is 0 Å². The van der Waals surface area contributed by atoms with Crippen LogP contribution in [0.2, 0.25) is 0 Å². The fourth-order valence-corrected chi connectivity index (χ4v) is 2.14. The molecule has 112 valence electrons. The first kappa shape index (κ1) is 21.0. The van der Waals surface area contributed by atoms with Crippen molar-refractivity contribution in [2.75, 3.05) is 21.1 Å². The molecule has 0 aromatic carbocycles. The lowest BCUT2D eigenvalue weighted by atomic mass is 10.0. The van der Waals surface area contributed by atoms with Crippen molar-refractivity contribution >= 4 is 0 Å². The summed E-state index contributed by atoms with van der Waals surface area (Å²) in [5.74, 6) is 0. The van der Waals surface area contributed by atoms with Crippen molar-refractivity contribution in [3.63, 3.8) is 0 Å². The maximum absolute atomic E-state index is 2.38. The molecule has 0 aliphatic rings. The average molecular weight is 369 g/mol. The summed E-state index contributed by atoms with van der Waals surface area (Å²) in [6, 6.07) is 0.805. The summed E-state index contributed by atoms with van der Waals surface area (Å²) >= 11 is 0. The van der Waals surface area contributed by atoms with Gasteiger partial charge in [-0.1, -0.05) is 58.3 Å². The normalized spacial score (nSPS) is 13.2. The smallest absolute Gasteiger partial charge is 0.0855 e. The zero-order chi connectivity index (χ0) is 13.1. The first-order valence-electron chi connectivity index (χ1n) is 7.79. The SMILES string of the molecule is CCCCCCCCCCCC(C)[N+](C)(C)C.[I-]. The highest BCUT2D eigenvalue weighted by Crippen LogP contribution is 2.14. The molecule has 0 N–H and O–H groups in total. The largest absolute Gasteiger partial charge is 1.00 e. The summed E-state index contributed by atoms with van der Waals surface area (Å²) in [5.41, 5.74) is 0. The second-order valence-corrected chi connectivity index (χ2v) is 6.58. The number of halogens is 1. The van der Waals surface area contributed by atoms with Gasteiger partial charge < -0.3 is 28.5 Å². The Bertz CT molecular complexity index is 163. The van der Waals surface area contributed by atoms with E-state index in [0.29, 0.717) is 0 Å². The Hall–Kier alpha value is 0.690. The molecule has 0 radical (unpaired) electrons. The van der Waals surface area contributed by atoms with Gasteiger partial charge in [0.2, 0.25) is 0 Å². The first-order valence-corrected chi connectivity index (χ1v) is 7.79. The van der Waals surface area contributed by atoms with Crippen LogP contribution in [0.1, 0.15) is 78.1 Å². The number of nitrogens with zero attached hydrogens (tertiary/aromatic N) is 1. The quantitative estimate of drug-likeness (QED) is 0.297. The van der Waals surface area contributed by atoms with E-state index in [1.807, 2.05) is 0 Å². The van der Waals surface area contributed by atoms with E-state index in [2.05, 4.69) is 35.0 Å². The Balaban J connectivity index is 0. The van der Waals surface area contributed by atoms with Crippen LogP contribution in [0, 0.1) is 0 Å². The van der Waals surface area contributed by atoms with Crippen LogP contribution >= 0.6 is 0 Å². The molecule has 0 aromatic rings. The molecular weight excluding hydrogens is 333 g/mol. The standard InChI is InChI=1S/C16H36N.HI/c1-6-7-8-9-10-11-12-13-14-15-16(2)17(3,4)5;/h16H,6-15H2,1-5H3;1H/q+1;/p-1. The fraction of sp³-hybridized carbons (Fsp3) is 1.00. The number of rotatable bonds is 11. The van der Waals surface area contributed by atoms with Crippen molar-refractivity contribution in [2.45, 2.75) is 84.1 Å². The van der Waals surface area contributed by atoms with E-state index in [0.717, 1.165) is 10.5 Å². The van der Waals surface area contributed by atoms with E-state index in [9.17, 15) is 0 Å². The summed E-state index contributed by atoms with van der Waals surface area (Å²) in [4.78, 5) is 0. The number of hydrogen-bond donors (Lipinski definition) is 0. The molecule has 0 aromatic heterocycles. The molecule has 18 heavy (non-hydrogen) atoms. The van der Waals surface area contributed by atoms with Crippen LogP contribution in [0.5, 0.6) is 0 Å². The molecule has 0 saturated carbocycles. The predicted octanol–water partition coefficient (Wildman–Crippen LogP) is 2.01. The second-order valence-electron chi connectivity index (χ2n) is 6.58. The van der Waals surface area contributed by atoms with Crippen molar-refractivity contribution in [3.05, 3.63) is 0 Å². The van der Waals surface area contributed by atoms with E-state index < -0.39 is 0 Å². The second kappa shape index (κ2) is 12.7. The van der Waals surface area contributed by atoms with Gasteiger partial charge in [-0.15, -0.1) is 0 Å². The molecule has 0 bridgehead atoms. The predicted molar refractivity (Wildman–Crippen MR) is 79.3 cm³/mol. The molecule has 0 saturated heterocycles. The van der Waals surface area contributed by atoms with Gasteiger partial charge >= 0.3 is 0 Å². The minimum atomic E-state index is 0. The number of unbranched alkanes of at least 4 members (excludes halogenated alkanes) is 8. The zero-order valence-electron chi connectivity index (χ0n) is 13.5. The maximum Gasteiger partial charge on any atom is 0.0855 e. The van der Waals surface area contributed by atoms with Gasteiger partial charge in [-0.05, 0) is 19.8 Å². The Morgan fingerprint density at radius 2 is 1.11 bits per heavy atom. The fourth-order valence-electron chi connectivity index (χ4n) is 2.14. The van der Waals surface area contributed by atoms with Crippen LogP contribution in [-0.4, -0.2) is 31.7 Å². The van der Waals surface area contributed by atoms with Gasteiger partial charge in [0, 0.05) is 0 Å². The van der Waals surface area contributed by atoms with Crippen LogP contribution in [0.3, 0.4) is 0 Å². The summed E-state index contributed by atoms with van der Waals surface area (Å²) in [6.45, 7) is 4.67. The molecule has 0 spiro atoms. The van der Waals surface area contributed by atoms with E-state index in [1.165, 1.54) is 64.2 Å². The molecule has 0 aliphatic heterocycles. The van der Waals surface area contributed by atoms with Gasteiger partial charge in [-0.25, -0.2) is 0 Å². The summed E-state index contributed by atoms with van der Waals surface area (Å²) in [7, 11) is 6.91. The van der Waals surface area contributed by atoms with Crippen molar-refractivity contribution in [1.29, 1.82) is 0 Å². The Kier molecular flexibility index (Phi) is 14.8. The maximum atomic E-state index is 2.38. The summed E-state index contributed by atoms with van der Waals surface area (Å²) in [5, 5.41) is 0. The molecule has 1 nitrogen and oxygen atoms in total. The van der Waals surface area contributed by atoms with Crippen LogP contribution in [-0.2, 0) is 0 Å². The topological polar surface area (TPSA) is 0 Å². The third kappa shape index (κ3) is 13.1. The lowest BCUT2D eigenvalue weighted by Crippen LogP contribution is -3.00. The monoisotopic (exact) mass is 369 g/mol. The lowest BCUT2D eigenvalue weighted by Gasteiger charge is -2.31. The van der Waals surface area contributed by atoms with Crippen LogP contribution < -0.4 is 24.0 Å². The van der Waals surface area contributed by atoms with E-state index in [-0.39, 0.29) is 24.0 Å². The summed E-state index contributed by atoms with van der Waals surface area (Å²) < 4.78 is 1.11. The van der Waals surface area contributed by atoms with Crippen molar-refractivity contribution in [2.24, 2.45) is 0 Å². The minimum absolute atomic E-state index is 0. The van der Waals surface area contributed by atoms with Crippen LogP contribution in [0.4, 0.5) is 0 Å². The van der Waals surface area contributed by atoms with Crippen molar-refractivity contribution in [3.8, 4) is 0 Å². The van der Waals surface area contributed by atoms with Gasteiger partial charge in [0.1, 0.15) is 0 Å². The Morgan fingerprint density at radius 1 is 0.722 bits per heavy atom. The molecular formula is C16H36IN. The molecule has 0 amide bonds. The third-order valence-corrected chi connectivity index (χ3v) is 4.05. The van der Waals surface area contributed by atoms with Gasteiger partial charge in [0.25, 0.3) is 0 Å². The molecule has 1 unspecified atom stereocenters. The Labute approximate surface area is 133 Å². The average Bonchev–Trinajstić information content (AvgIpc) is 2.25. The molecule has 0 heterocycles. The first-order chi connectivity index (χ1) is 7.98. The van der Waals surface area contributed by atoms with E-state index in [1.54, 1.807) is 0 Å². The number of quaternary nitrogens is 1. The summed E-state index contributed by atoms with van der Waals surface area (Å²) in [6.07, 6.45) is 14.3. The van der Waals surface area contributed by atoms with Gasteiger partial charge in [0.05, 0.1) is 27.2 Å². The minimum Gasteiger partial charge on any atom is -1.00 e. The zero-order valence-corrected chi connectivity index (χ0v) is 15.6. The highest BCUT2D eigenvalue weighted by Gasteiger charge is 2.16. The third-order valence-electron chi connectivity index (χ3n) is 4.05. The van der Waals surface area contributed by atoms with E-state index in [4.69, 9.17) is 0 Å². The van der Waals surface area contributed by atoms with Crippen molar-refractivity contribution < 1.29 is 28.5 Å². The van der Waals surface area contributed by atoms with Gasteiger partial charge in [0.15, 0.2) is 0 Å². The molecule has 1 atom stereocenters. The number of hydrogen-bond acceptors (Lipinski definition) is 0. The molecule has 2 heteroatoms. The Morgan fingerprint density at radius 3 is 1.50 bits per heavy atom.